The fourth-order valence-corrected chi connectivity index (χ4v) is 1.11. The van der Waals surface area contributed by atoms with Crippen LogP contribution < -0.4 is 0 Å². The Morgan fingerprint density at radius 1 is 1.36 bits per heavy atom. The van der Waals surface area contributed by atoms with Gasteiger partial charge in [0, 0.05) is 17.8 Å². The molecule has 1 aromatic heterocycles. The summed E-state index contributed by atoms with van der Waals surface area (Å²) in [5, 5.41) is 0. The maximum atomic E-state index is 4.29. The number of hydrogen-bond acceptors (Lipinski definition) is 1. The topological polar surface area (TPSA) is 12.9 Å². The Labute approximate surface area is 70.4 Å². The van der Waals surface area contributed by atoms with E-state index >= 15 is 0 Å². The van der Waals surface area contributed by atoms with Crippen molar-refractivity contribution in [2.24, 2.45) is 0 Å². The quantitative estimate of drug-likeness (QED) is 0.616. The van der Waals surface area contributed by atoms with Crippen molar-refractivity contribution in [1.29, 1.82) is 0 Å². The van der Waals surface area contributed by atoms with Crippen LogP contribution in [0.1, 0.15) is 25.5 Å². The Morgan fingerprint density at radius 3 is 2.55 bits per heavy atom. The van der Waals surface area contributed by atoms with Crippen LogP contribution in [0.4, 0.5) is 0 Å². The van der Waals surface area contributed by atoms with Crippen LogP contribution in [0, 0.1) is 0 Å². The first-order chi connectivity index (χ1) is 5.22. The average molecular weight is 167 g/mol. The van der Waals surface area contributed by atoms with Gasteiger partial charge in [0.25, 0.3) is 0 Å². The van der Waals surface area contributed by atoms with Crippen LogP contribution >= 0.6 is 9.24 Å². The molecule has 0 aliphatic carbocycles. The summed E-state index contributed by atoms with van der Waals surface area (Å²) >= 11 is 0. The van der Waals surface area contributed by atoms with E-state index in [0.717, 1.165) is 0 Å². The minimum Gasteiger partial charge on any atom is -0.261 e. The van der Waals surface area contributed by atoms with Gasteiger partial charge in [0.1, 0.15) is 0 Å². The number of nitrogens with zero attached hydrogens (tertiary/aromatic N) is 1. The number of hydrogen-bond donors (Lipinski definition) is 0. The lowest BCUT2D eigenvalue weighted by Crippen LogP contribution is -2.05. The highest BCUT2D eigenvalue weighted by Crippen LogP contribution is 2.21. The van der Waals surface area contributed by atoms with Crippen LogP contribution in [0.3, 0.4) is 0 Å². The predicted octanol–water partition coefficient (Wildman–Crippen LogP) is 2.45. The van der Waals surface area contributed by atoms with Gasteiger partial charge in [-0.3, -0.25) is 4.98 Å². The van der Waals surface area contributed by atoms with E-state index in [0.29, 0.717) is 11.6 Å². The summed E-state index contributed by atoms with van der Waals surface area (Å²) in [5.41, 5.74) is 1.76. The molecule has 0 amide bonds. The zero-order chi connectivity index (χ0) is 8.27. The van der Waals surface area contributed by atoms with Gasteiger partial charge in [-0.05, 0) is 17.8 Å². The number of aromatic nitrogens is 1. The third kappa shape index (κ3) is 2.27. The van der Waals surface area contributed by atoms with Crippen LogP contribution in [0.25, 0.3) is 0 Å². The van der Waals surface area contributed by atoms with E-state index in [1.54, 1.807) is 0 Å². The van der Waals surface area contributed by atoms with Crippen LogP contribution in [-0.2, 0) is 0 Å². The molecule has 0 N–H and O–H groups in total. The molecule has 0 spiro atoms. The number of rotatable bonds is 2. The van der Waals surface area contributed by atoms with Gasteiger partial charge in [-0.15, -0.1) is 9.24 Å². The summed E-state index contributed by atoms with van der Waals surface area (Å²) < 4.78 is 0. The van der Waals surface area contributed by atoms with Gasteiger partial charge in [-0.25, -0.2) is 0 Å². The van der Waals surface area contributed by atoms with Crippen molar-refractivity contribution in [3.8, 4) is 0 Å². The molecular formula is C9H14NP. The highest BCUT2D eigenvalue weighted by molar-refractivity contribution is 7.17. The molecule has 60 valence electrons. The molecule has 2 heteroatoms. The van der Waals surface area contributed by atoms with Crippen molar-refractivity contribution >= 4 is 9.24 Å². The van der Waals surface area contributed by atoms with Gasteiger partial charge < -0.3 is 0 Å². The molecule has 0 saturated heterocycles. The monoisotopic (exact) mass is 167 g/mol. The molecular weight excluding hydrogens is 153 g/mol. The molecule has 0 radical (unpaired) electrons. The maximum Gasteiger partial charge on any atom is 0.0437 e. The van der Waals surface area contributed by atoms with Crippen molar-refractivity contribution in [1.82, 2.24) is 4.98 Å². The Bertz CT molecular complexity index is 208. The van der Waals surface area contributed by atoms with Crippen LogP contribution in [0.2, 0.25) is 0 Å². The molecule has 0 bridgehead atoms. The minimum atomic E-state index is 0.529. The smallest absolute Gasteiger partial charge is 0.0437 e. The summed E-state index contributed by atoms with van der Waals surface area (Å²) in [5.74, 6) is 0.529. The summed E-state index contributed by atoms with van der Waals surface area (Å²) in [6, 6.07) is 6.06. The molecule has 0 saturated carbocycles. The van der Waals surface area contributed by atoms with Crippen molar-refractivity contribution in [2.45, 2.75) is 25.4 Å². The van der Waals surface area contributed by atoms with Gasteiger partial charge in [0.2, 0.25) is 0 Å². The fourth-order valence-electron chi connectivity index (χ4n) is 0.915. The predicted molar refractivity (Wildman–Crippen MR) is 51.8 cm³/mol. The SMILES string of the molecule is CC(P)C(C)c1ccccn1. The third-order valence-electron chi connectivity index (χ3n) is 1.94. The highest BCUT2D eigenvalue weighted by atomic mass is 31.0. The van der Waals surface area contributed by atoms with Crippen LogP contribution in [-0.4, -0.2) is 10.6 Å². The summed E-state index contributed by atoms with van der Waals surface area (Å²) in [4.78, 5) is 4.29. The van der Waals surface area contributed by atoms with Crippen molar-refractivity contribution < 1.29 is 0 Å². The van der Waals surface area contributed by atoms with E-state index in [1.807, 2.05) is 18.3 Å². The molecule has 11 heavy (non-hydrogen) atoms. The van der Waals surface area contributed by atoms with Gasteiger partial charge in [-0.2, -0.15) is 0 Å². The van der Waals surface area contributed by atoms with Gasteiger partial charge in [-0.1, -0.05) is 19.9 Å². The maximum absolute atomic E-state index is 4.29. The average Bonchev–Trinajstić information content (AvgIpc) is 2.05. The van der Waals surface area contributed by atoms with Crippen LogP contribution in [0.15, 0.2) is 24.4 Å². The Balaban J connectivity index is 2.77. The standard InChI is InChI=1S/C9H14NP/c1-7(8(2)11)9-5-3-4-6-10-9/h3-8H,11H2,1-2H3. The molecule has 1 rings (SSSR count). The normalized spacial score (nSPS) is 15.9. The van der Waals surface area contributed by atoms with E-state index in [1.165, 1.54) is 5.69 Å². The Morgan fingerprint density at radius 2 is 2.09 bits per heavy atom. The lowest BCUT2D eigenvalue weighted by molar-refractivity contribution is 0.724. The van der Waals surface area contributed by atoms with Crippen molar-refractivity contribution in [3.05, 3.63) is 30.1 Å². The van der Waals surface area contributed by atoms with E-state index in [9.17, 15) is 0 Å². The first kappa shape index (κ1) is 8.67. The first-order valence-corrected chi connectivity index (χ1v) is 4.55. The second-order valence-electron chi connectivity index (χ2n) is 2.90. The molecule has 1 nitrogen and oxygen atoms in total. The Hall–Kier alpha value is -0.420. The zero-order valence-electron chi connectivity index (χ0n) is 6.99. The number of pyridine rings is 1. The van der Waals surface area contributed by atoms with Gasteiger partial charge in [0.15, 0.2) is 0 Å². The summed E-state index contributed by atoms with van der Waals surface area (Å²) in [7, 11) is 2.81. The third-order valence-corrected chi connectivity index (χ3v) is 2.52. The second kappa shape index (κ2) is 3.82. The molecule has 0 aliphatic rings. The minimum absolute atomic E-state index is 0.529. The van der Waals surface area contributed by atoms with E-state index in [4.69, 9.17) is 0 Å². The van der Waals surface area contributed by atoms with E-state index in [-0.39, 0.29) is 0 Å². The first-order valence-electron chi connectivity index (χ1n) is 3.88. The highest BCUT2D eigenvalue weighted by Gasteiger charge is 2.09. The van der Waals surface area contributed by atoms with Crippen molar-refractivity contribution in [2.75, 3.05) is 0 Å². The molecule has 0 fully saturated rings. The second-order valence-corrected chi connectivity index (χ2v) is 3.95. The van der Waals surface area contributed by atoms with E-state index in [2.05, 4.69) is 34.1 Å². The molecule has 1 heterocycles. The molecule has 3 unspecified atom stereocenters. The Kier molecular flexibility index (Phi) is 3.02. The lowest BCUT2D eigenvalue weighted by atomic mass is 10.0. The van der Waals surface area contributed by atoms with Gasteiger partial charge >= 0.3 is 0 Å². The summed E-state index contributed by atoms with van der Waals surface area (Å²) in [6.45, 7) is 4.38. The summed E-state index contributed by atoms with van der Waals surface area (Å²) in [6.07, 6.45) is 1.85. The molecule has 0 aromatic carbocycles. The molecule has 3 atom stereocenters. The molecule has 0 aliphatic heterocycles. The van der Waals surface area contributed by atoms with E-state index < -0.39 is 0 Å². The van der Waals surface area contributed by atoms with Crippen LogP contribution in [0.5, 0.6) is 0 Å². The van der Waals surface area contributed by atoms with Gasteiger partial charge in [0.05, 0.1) is 0 Å². The largest absolute Gasteiger partial charge is 0.261 e. The fraction of sp³-hybridized carbons (Fsp3) is 0.444. The zero-order valence-corrected chi connectivity index (χ0v) is 8.14. The van der Waals surface area contributed by atoms with Crippen molar-refractivity contribution in [3.63, 3.8) is 0 Å². The molecule has 1 aromatic rings. The lowest BCUT2D eigenvalue weighted by Gasteiger charge is -2.13.